The summed E-state index contributed by atoms with van der Waals surface area (Å²) < 4.78 is 0. The van der Waals surface area contributed by atoms with Gasteiger partial charge in [0.1, 0.15) is 17.5 Å². The largest absolute Gasteiger partial charge is 0.370 e. The van der Waals surface area contributed by atoms with Gasteiger partial charge in [-0.1, -0.05) is 13.8 Å². The fraction of sp³-hybridized carbons (Fsp3) is 0.667. The lowest BCUT2D eigenvalue weighted by molar-refractivity contribution is -0.118. The number of nitrogens with one attached hydrogen (secondary N) is 2. The molecule has 0 aliphatic carbocycles. The van der Waals surface area contributed by atoms with Gasteiger partial charge in [0.15, 0.2) is 0 Å². The maximum Gasteiger partial charge on any atom is 0.219 e. The van der Waals surface area contributed by atoms with Crippen LogP contribution in [0.3, 0.4) is 0 Å². The molecule has 0 bridgehead atoms. The Balaban J connectivity index is 2.98. The highest BCUT2D eigenvalue weighted by atomic mass is 16.1. The first-order chi connectivity index (χ1) is 9.97. The molecular weight excluding hydrogens is 266 g/mol. The van der Waals surface area contributed by atoms with Crippen molar-refractivity contribution < 1.29 is 4.79 Å². The summed E-state index contributed by atoms with van der Waals surface area (Å²) >= 11 is 0. The molecule has 1 unspecified atom stereocenters. The first-order valence-electron chi connectivity index (χ1n) is 7.64. The second-order valence-corrected chi connectivity index (χ2v) is 5.35. The number of hydrogen-bond donors (Lipinski definition) is 3. The molecule has 4 N–H and O–H groups in total. The number of aryl methyl sites for hydroxylation is 1. The first-order valence-corrected chi connectivity index (χ1v) is 7.64. The quantitative estimate of drug-likeness (QED) is 0.649. The van der Waals surface area contributed by atoms with Crippen molar-refractivity contribution >= 4 is 17.5 Å². The molecule has 0 spiro atoms. The van der Waals surface area contributed by atoms with Crippen LogP contribution < -0.4 is 16.4 Å². The van der Waals surface area contributed by atoms with E-state index in [1.54, 1.807) is 0 Å². The zero-order valence-corrected chi connectivity index (χ0v) is 13.5. The third-order valence-electron chi connectivity index (χ3n) is 3.10. The van der Waals surface area contributed by atoms with Gasteiger partial charge in [-0.15, -0.1) is 0 Å². The number of rotatable bonds is 9. The standard InChI is InChI=1S/C15H27N5O/c1-5-7-13-19-14(17-8-6-2)11(4)15(20-13)18-10(3)9-12(16)21/h10H,5-9H2,1-4H3,(H2,16,21)(H2,17,18,19,20). The molecule has 1 amide bonds. The summed E-state index contributed by atoms with van der Waals surface area (Å²) in [6.45, 7) is 8.99. The average Bonchev–Trinajstić information content (AvgIpc) is 2.40. The normalized spacial score (nSPS) is 12.0. The van der Waals surface area contributed by atoms with Gasteiger partial charge < -0.3 is 16.4 Å². The predicted octanol–water partition coefficient (Wildman–Crippen LogP) is 2.24. The van der Waals surface area contributed by atoms with Gasteiger partial charge in [0, 0.05) is 31.0 Å². The van der Waals surface area contributed by atoms with Gasteiger partial charge in [0.2, 0.25) is 5.91 Å². The Bertz CT molecular complexity index is 475. The lowest BCUT2D eigenvalue weighted by Crippen LogP contribution is -2.25. The molecule has 1 aromatic rings. The van der Waals surface area contributed by atoms with Crippen molar-refractivity contribution in [3.63, 3.8) is 0 Å². The maximum atomic E-state index is 11.0. The van der Waals surface area contributed by atoms with Crippen LogP contribution in [-0.4, -0.2) is 28.5 Å². The zero-order chi connectivity index (χ0) is 15.8. The molecule has 0 radical (unpaired) electrons. The van der Waals surface area contributed by atoms with Gasteiger partial charge in [-0.25, -0.2) is 9.97 Å². The summed E-state index contributed by atoms with van der Waals surface area (Å²) in [7, 11) is 0. The number of nitrogens with zero attached hydrogens (tertiary/aromatic N) is 2. The summed E-state index contributed by atoms with van der Waals surface area (Å²) in [5, 5.41) is 6.60. The number of primary amides is 1. The number of carbonyl (C=O) groups excluding carboxylic acids is 1. The number of carbonyl (C=O) groups is 1. The topological polar surface area (TPSA) is 92.9 Å². The van der Waals surface area contributed by atoms with E-state index in [2.05, 4.69) is 34.4 Å². The zero-order valence-electron chi connectivity index (χ0n) is 13.5. The van der Waals surface area contributed by atoms with E-state index in [4.69, 9.17) is 5.73 Å². The molecule has 0 saturated heterocycles. The second-order valence-electron chi connectivity index (χ2n) is 5.35. The van der Waals surface area contributed by atoms with Gasteiger partial charge in [-0.2, -0.15) is 0 Å². The summed E-state index contributed by atoms with van der Waals surface area (Å²) in [6.07, 6.45) is 3.14. The van der Waals surface area contributed by atoms with Crippen LogP contribution in [0.25, 0.3) is 0 Å². The predicted molar refractivity (Wildman–Crippen MR) is 86.4 cm³/mol. The Morgan fingerprint density at radius 2 is 1.90 bits per heavy atom. The Morgan fingerprint density at radius 3 is 2.48 bits per heavy atom. The summed E-state index contributed by atoms with van der Waals surface area (Å²) in [4.78, 5) is 20.1. The van der Waals surface area contributed by atoms with Crippen molar-refractivity contribution in [1.29, 1.82) is 0 Å². The molecule has 1 aromatic heterocycles. The molecule has 6 nitrogen and oxygen atoms in total. The number of nitrogens with two attached hydrogens (primary N) is 1. The van der Waals surface area contributed by atoms with Crippen LogP contribution in [0.2, 0.25) is 0 Å². The lowest BCUT2D eigenvalue weighted by Gasteiger charge is -2.18. The lowest BCUT2D eigenvalue weighted by atomic mass is 10.2. The van der Waals surface area contributed by atoms with Gasteiger partial charge in [0.25, 0.3) is 0 Å². The summed E-state index contributed by atoms with van der Waals surface area (Å²) in [5.74, 6) is 2.14. The second kappa shape index (κ2) is 8.44. The SMILES string of the molecule is CCCNc1nc(CCC)nc(NC(C)CC(N)=O)c1C. The third kappa shape index (κ3) is 5.57. The van der Waals surface area contributed by atoms with Crippen LogP contribution in [0.4, 0.5) is 11.6 Å². The van der Waals surface area contributed by atoms with Crippen LogP contribution in [0.1, 0.15) is 51.4 Å². The molecule has 1 rings (SSSR count). The molecular formula is C15H27N5O. The molecule has 0 aromatic carbocycles. The molecule has 6 heteroatoms. The van der Waals surface area contributed by atoms with Gasteiger partial charge >= 0.3 is 0 Å². The number of anilines is 2. The van der Waals surface area contributed by atoms with Crippen LogP contribution in [-0.2, 0) is 11.2 Å². The van der Waals surface area contributed by atoms with E-state index in [1.165, 1.54) is 0 Å². The van der Waals surface area contributed by atoms with Crippen molar-refractivity contribution in [2.24, 2.45) is 5.73 Å². The van der Waals surface area contributed by atoms with Crippen molar-refractivity contribution in [2.75, 3.05) is 17.2 Å². The van der Waals surface area contributed by atoms with Crippen molar-refractivity contribution in [2.45, 2.75) is 59.4 Å². The molecule has 21 heavy (non-hydrogen) atoms. The summed E-state index contributed by atoms with van der Waals surface area (Å²) in [5.41, 5.74) is 6.21. The van der Waals surface area contributed by atoms with Crippen molar-refractivity contribution in [1.82, 2.24) is 9.97 Å². The molecule has 0 aliphatic rings. The molecule has 118 valence electrons. The van der Waals surface area contributed by atoms with E-state index >= 15 is 0 Å². The van der Waals surface area contributed by atoms with Crippen molar-refractivity contribution in [3.8, 4) is 0 Å². The van der Waals surface area contributed by atoms with Crippen LogP contribution in [0, 0.1) is 6.92 Å². The molecule has 0 aliphatic heterocycles. The fourth-order valence-corrected chi connectivity index (χ4v) is 2.04. The van der Waals surface area contributed by atoms with Gasteiger partial charge in [0.05, 0.1) is 0 Å². The third-order valence-corrected chi connectivity index (χ3v) is 3.10. The highest BCUT2D eigenvalue weighted by Gasteiger charge is 2.13. The monoisotopic (exact) mass is 293 g/mol. The van der Waals surface area contributed by atoms with E-state index in [0.717, 1.165) is 48.8 Å². The first kappa shape index (κ1) is 17.2. The van der Waals surface area contributed by atoms with Crippen LogP contribution in [0.5, 0.6) is 0 Å². The van der Waals surface area contributed by atoms with Crippen molar-refractivity contribution in [3.05, 3.63) is 11.4 Å². The smallest absolute Gasteiger partial charge is 0.219 e. The number of hydrogen-bond acceptors (Lipinski definition) is 5. The Hall–Kier alpha value is -1.85. The van der Waals surface area contributed by atoms with Crippen LogP contribution >= 0.6 is 0 Å². The minimum absolute atomic E-state index is 0.0513. The van der Waals surface area contributed by atoms with E-state index in [1.807, 2.05) is 13.8 Å². The van der Waals surface area contributed by atoms with E-state index in [0.29, 0.717) is 0 Å². The highest BCUT2D eigenvalue weighted by molar-refractivity contribution is 5.75. The van der Waals surface area contributed by atoms with Crippen LogP contribution in [0.15, 0.2) is 0 Å². The van der Waals surface area contributed by atoms with E-state index in [9.17, 15) is 4.79 Å². The maximum absolute atomic E-state index is 11.0. The molecule has 0 saturated carbocycles. The van der Waals surface area contributed by atoms with Gasteiger partial charge in [-0.05, 0) is 26.7 Å². The van der Waals surface area contributed by atoms with Gasteiger partial charge in [-0.3, -0.25) is 4.79 Å². The minimum atomic E-state index is -0.320. The number of aromatic nitrogens is 2. The summed E-state index contributed by atoms with van der Waals surface area (Å²) in [6, 6.07) is -0.0513. The fourth-order valence-electron chi connectivity index (χ4n) is 2.04. The molecule has 0 fully saturated rings. The Kier molecular flexibility index (Phi) is 6.91. The molecule has 1 heterocycles. The molecule has 1 atom stereocenters. The highest BCUT2D eigenvalue weighted by Crippen LogP contribution is 2.21. The Morgan fingerprint density at radius 1 is 1.24 bits per heavy atom. The average molecular weight is 293 g/mol. The van der Waals surface area contributed by atoms with E-state index < -0.39 is 0 Å². The van der Waals surface area contributed by atoms with E-state index in [-0.39, 0.29) is 18.4 Å². The Labute approximate surface area is 126 Å². The minimum Gasteiger partial charge on any atom is -0.370 e. The number of amides is 1.